The molecule has 0 saturated heterocycles. The molecule has 0 aliphatic heterocycles. The molecule has 1 aliphatic rings. The number of carbonyl (C=O) groups is 2. The Labute approximate surface area is 149 Å². The smallest absolute Gasteiger partial charge is 0.390 e. The normalized spacial score (nSPS) is 19.5. The van der Waals surface area contributed by atoms with Crippen LogP contribution in [0.2, 0.25) is 0 Å². The first kappa shape index (κ1) is 20.1. The molecule has 0 unspecified atom stereocenters. The molecule has 1 saturated carbocycles. The largest absolute Gasteiger partial charge is 0.508 e. The molecule has 1 fully saturated rings. The predicted molar refractivity (Wildman–Crippen MR) is 87.5 cm³/mol. The number of amides is 1. The Kier molecular flexibility index (Phi) is 6.50. The van der Waals surface area contributed by atoms with E-state index in [4.69, 9.17) is 0 Å². The van der Waals surface area contributed by atoms with Gasteiger partial charge in [-0.25, -0.2) is 0 Å². The summed E-state index contributed by atoms with van der Waals surface area (Å²) in [7, 11) is 1.19. The summed E-state index contributed by atoms with van der Waals surface area (Å²) in [5, 5.41) is 9.30. The van der Waals surface area contributed by atoms with Gasteiger partial charge in [0.25, 0.3) is 0 Å². The third-order valence-electron chi connectivity index (χ3n) is 4.64. The predicted octanol–water partition coefficient (Wildman–Crippen LogP) is 3.23. The molecule has 0 aromatic heterocycles. The van der Waals surface area contributed by atoms with Crippen LogP contribution >= 0.6 is 0 Å². The van der Waals surface area contributed by atoms with Gasteiger partial charge in [0.2, 0.25) is 5.91 Å². The van der Waals surface area contributed by atoms with E-state index < -0.39 is 25.1 Å². The second kappa shape index (κ2) is 8.42. The minimum Gasteiger partial charge on any atom is -0.508 e. The average Bonchev–Trinajstić information content (AvgIpc) is 2.53. The molecule has 5 nitrogen and oxygen atoms in total. The first-order chi connectivity index (χ1) is 12.2. The molecule has 1 amide bonds. The van der Waals surface area contributed by atoms with Crippen LogP contribution < -0.4 is 0 Å². The zero-order valence-corrected chi connectivity index (χ0v) is 14.5. The fraction of sp³-hybridized carbons (Fsp3) is 0.556. The van der Waals surface area contributed by atoms with Crippen LogP contribution in [0, 0.1) is 5.92 Å². The van der Waals surface area contributed by atoms with Crippen molar-refractivity contribution in [3.8, 4) is 5.75 Å². The van der Waals surface area contributed by atoms with Crippen molar-refractivity contribution in [2.45, 2.75) is 37.8 Å². The first-order valence-electron chi connectivity index (χ1n) is 8.41. The summed E-state index contributed by atoms with van der Waals surface area (Å²) in [6.07, 6.45) is -4.51. The Bertz CT molecular complexity index is 624. The molecule has 1 aromatic carbocycles. The lowest BCUT2D eigenvalue weighted by Gasteiger charge is -2.38. The second-order valence-electron chi connectivity index (χ2n) is 6.47. The summed E-state index contributed by atoms with van der Waals surface area (Å²) < 4.78 is 42.0. The van der Waals surface area contributed by atoms with E-state index in [0.717, 1.165) is 10.5 Å². The number of aromatic hydroxyl groups is 1. The molecule has 8 heteroatoms. The van der Waals surface area contributed by atoms with Crippen molar-refractivity contribution < 1.29 is 32.6 Å². The average molecular weight is 373 g/mol. The van der Waals surface area contributed by atoms with Crippen molar-refractivity contribution in [2.75, 3.05) is 20.2 Å². The standard InChI is InChI=1S/C18H22F3NO4/c1-26-16(24)6-8-22(9-7-18(19,20)21)17(25)14-10-13(11-14)12-2-4-15(23)5-3-12/h2-5,13-14,23H,6-11H2,1H3. The van der Waals surface area contributed by atoms with E-state index in [9.17, 15) is 27.9 Å². The number of nitrogens with zero attached hydrogens (tertiary/aromatic N) is 1. The number of esters is 1. The summed E-state index contributed by atoms with van der Waals surface area (Å²) in [4.78, 5) is 24.9. The zero-order chi connectivity index (χ0) is 19.3. The van der Waals surface area contributed by atoms with E-state index in [1.807, 2.05) is 0 Å². The highest BCUT2D eigenvalue weighted by Crippen LogP contribution is 2.43. The molecule has 0 bridgehead atoms. The lowest BCUT2D eigenvalue weighted by atomic mass is 9.71. The maximum absolute atomic E-state index is 12.5. The van der Waals surface area contributed by atoms with Crippen LogP contribution in [0.4, 0.5) is 13.2 Å². The maximum Gasteiger partial charge on any atom is 0.390 e. The number of methoxy groups -OCH3 is 1. The van der Waals surface area contributed by atoms with E-state index in [1.54, 1.807) is 24.3 Å². The fourth-order valence-corrected chi connectivity index (χ4v) is 3.02. The monoisotopic (exact) mass is 373 g/mol. The van der Waals surface area contributed by atoms with Gasteiger partial charge < -0.3 is 14.7 Å². The number of ether oxygens (including phenoxy) is 1. The zero-order valence-electron chi connectivity index (χ0n) is 14.5. The molecule has 0 radical (unpaired) electrons. The van der Waals surface area contributed by atoms with Gasteiger partial charge in [0.1, 0.15) is 5.75 Å². The van der Waals surface area contributed by atoms with Crippen molar-refractivity contribution >= 4 is 11.9 Å². The molecular formula is C18H22F3NO4. The van der Waals surface area contributed by atoms with E-state index in [0.29, 0.717) is 12.8 Å². The summed E-state index contributed by atoms with van der Waals surface area (Å²) in [6, 6.07) is 6.69. The molecule has 2 rings (SSSR count). The molecular weight excluding hydrogens is 351 g/mol. The summed E-state index contributed by atoms with van der Waals surface area (Å²) in [6.45, 7) is -0.540. The fourth-order valence-electron chi connectivity index (χ4n) is 3.02. The SMILES string of the molecule is COC(=O)CCN(CCC(F)(F)F)C(=O)C1CC(c2ccc(O)cc2)C1. The van der Waals surface area contributed by atoms with Crippen molar-refractivity contribution in [3.05, 3.63) is 29.8 Å². The van der Waals surface area contributed by atoms with Crippen LogP contribution in [-0.4, -0.2) is 48.3 Å². The Balaban J connectivity index is 1.92. The summed E-state index contributed by atoms with van der Waals surface area (Å²) >= 11 is 0. The van der Waals surface area contributed by atoms with E-state index >= 15 is 0 Å². The topological polar surface area (TPSA) is 66.8 Å². The van der Waals surface area contributed by atoms with Gasteiger partial charge in [-0.05, 0) is 36.5 Å². The minimum absolute atomic E-state index is 0.0814. The van der Waals surface area contributed by atoms with Gasteiger partial charge in [-0.1, -0.05) is 12.1 Å². The van der Waals surface area contributed by atoms with Crippen LogP contribution in [-0.2, 0) is 14.3 Å². The second-order valence-corrected chi connectivity index (χ2v) is 6.47. The molecule has 144 valence electrons. The molecule has 1 N–H and O–H groups in total. The van der Waals surface area contributed by atoms with E-state index in [2.05, 4.69) is 4.74 Å². The number of rotatable bonds is 7. The Morgan fingerprint density at radius 3 is 2.35 bits per heavy atom. The number of hydrogen-bond acceptors (Lipinski definition) is 4. The van der Waals surface area contributed by atoms with Crippen molar-refractivity contribution in [2.24, 2.45) is 5.92 Å². The number of halogens is 3. The highest BCUT2D eigenvalue weighted by atomic mass is 19.4. The summed E-state index contributed by atoms with van der Waals surface area (Å²) in [5.74, 6) is -0.963. The van der Waals surface area contributed by atoms with E-state index in [1.165, 1.54) is 7.11 Å². The number of benzene rings is 1. The summed E-state index contributed by atoms with van der Waals surface area (Å²) in [5.41, 5.74) is 0.989. The molecule has 1 aromatic rings. The Hall–Kier alpha value is -2.25. The Morgan fingerprint density at radius 2 is 1.81 bits per heavy atom. The van der Waals surface area contributed by atoms with Gasteiger partial charge in [0, 0.05) is 19.0 Å². The molecule has 0 atom stereocenters. The van der Waals surface area contributed by atoms with Crippen LogP contribution in [0.5, 0.6) is 5.75 Å². The van der Waals surface area contributed by atoms with Crippen molar-refractivity contribution in [1.29, 1.82) is 0 Å². The first-order valence-corrected chi connectivity index (χ1v) is 8.41. The number of phenols is 1. The molecule has 26 heavy (non-hydrogen) atoms. The van der Waals surface area contributed by atoms with Gasteiger partial charge in [-0.3, -0.25) is 9.59 Å². The van der Waals surface area contributed by atoms with Crippen LogP contribution in [0.3, 0.4) is 0 Å². The number of carbonyl (C=O) groups excluding carboxylic acids is 2. The highest BCUT2D eigenvalue weighted by Gasteiger charge is 2.38. The molecule has 1 aliphatic carbocycles. The van der Waals surface area contributed by atoms with Crippen LogP contribution in [0.1, 0.15) is 37.2 Å². The minimum atomic E-state index is -4.36. The van der Waals surface area contributed by atoms with Gasteiger partial charge in [0.05, 0.1) is 20.0 Å². The van der Waals surface area contributed by atoms with Crippen LogP contribution in [0.25, 0.3) is 0 Å². The lowest BCUT2D eigenvalue weighted by molar-refractivity contribution is -0.150. The third-order valence-corrected chi connectivity index (χ3v) is 4.64. The number of alkyl halides is 3. The lowest BCUT2D eigenvalue weighted by Crippen LogP contribution is -2.43. The highest BCUT2D eigenvalue weighted by molar-refractivity contribution is 5.80. The molecule has 0 spiro atoms. The van der Waals surface area contributed by atoms with Gasteiger partial charge in [-0.15, -0.1) is 0 Å². The quantitative estimate of drug-likeness (QED) is 0.746. The number of phenolic OH excluding ortho intramolecular Hbond substituents is 1. The third kappa shape index (κ3) is 5.64. The molecule has 0 heterocycles. The van der Waals surface area contributed by atoms with Gasteiger partial charge in [0.15, 0.2) is 0 Å². The Morgan fingerprint density at radius 1 is 1.19 bits per heavy atom. The van der Waals surface area contributed by atoms with Gasteiger partial charge >= 0.3 is 12.1 Å². The van der Waals surface area contributed by atoms with Gasteiger partial charge in [-0.2, -0.15) is 13.2 Å². The van der Waals surface area contributed by atoms with Crippen molar-refractivity contribution in [1.82, 2.24) is 4.90 Å². The van der Waals surface area contributed by atoms with Crippen molar-refractivity contribution in [3.63, 3.8) is 0 Å². The number of hydrogen-bond donors (Lipinski definition) is 1. The maximum atomic E-state index is 12.5. The van der Waals surface area contributed by atoms with E-state index in [-0.39, 0.29) is 36.5 Å². The van der Waals surface area contributed by atoms with Crippen LogP contribution in [0.15, 0.2) is 24.3 Å².